The van der Waals surface area contributed by atoms with Gasteiger partial charge in [-0.15, -0.1) is 0 Å². The maximum absolute atomic E-state index is 12.3. The summed E-state index contributed by atoms with van der Waals surface area (Å²) in [6, 6.07) is 4.76. The predicted octanol–water partition coefficient (Wildman–Crippen LogP) is 1.74. The second-order valence-electron chi connectivity index (χ2n) is 4.86. The van der Waals surface area contributed by atoms with Crippen molar-refractivity contribution in [1.82, 2.24) is 10.0 Å². The maximum atomic E-state index is 12.3. The molecule has 1 aliphatic heterocycles. The third-order valence-electron chi connectivity index (χ3n) is 3.39. The molecule has 5 nitrogen and oxygen atoms in total. The van der Waals surface area contributed by atoms with Crippen LogP contribution in [0.3, 0.4) is 0 Å². The highest BCUT2D eigenvalue weighted by molar-refractivity contribution is 9.10. The summed E-state index contributed by atoms with van der Waals surface area (Å²) in [6.45, 7) is 2.35. The van der Waals surface area contributed by atoms with Crippen LogP contribution in [0.1, 0.15) is 12.8 Å². The SMILES string of the molecule is COc1cc(S(=O)(=O)NCC2CCCNC2)ccc1Br. The first kappa shape index (κ1) is 15.8. The number of piperidine rings is 1. The first-order chi connectivity index (χ1) is 9.53. The standard InChI is InChI=1S/C13H19BrN2O3S/c1-19-13-7-11(4-5-12(13)14)20(17,18)16-9-10-3-2-6-15-8-10/h4-5,7,10,15-16H,2-3,6,8-9H2,1H3. The molecule has 1 saturated heterocycles. The Morgan fingerprint density at radius 3 is 2.95 bits per heavy atom. The molecule has 0 amide bonds. The fourth-order valence-electron chi connectivity index (χ4n) is 2.22. The van der Waals surface area contributed by atoms with Gasteiger partial charge in [-0.3, -0.25) is 0 Å². The summed E-state index contributed by atoms with van der Waals surface area (Å²) in [5, 5.41) is 3.28. The summed E-state index contributed by atoms with van der Waals surface area (Å²) in [6.07, 6.45) is 2.15. The van der Waals surface area contributed by atoms with E-state index in [1.807, 2.05) is 0 Å². The number of halogens is 1. The van der Waals surface area contributed by atoms with E-state index in [-0.39, 0.29) is 4.90 Å². The van der Waals surface area contributed by atoms with Crippen LogP contribution in [0.4, 0.5) is 0 Å². The van der Waals surface area contributed by atoms with Crippen molar-refractivity contribution in [3.05, 3.63) is 22.7 Å². The number of sulfonamides is 1. The first-order valence-corrected chi connectivity index (χ1v) is 8.84. The van der Waals surface area contributed by atoms with Gasteiger partial charge in [0, 0.05) is 12.6 Å². The average molecular weight is 363 g/mol. The van der Waals surface area contributed by atoms with Gasteiger partial charge in [0.25, 0.3) is 0 Å². The maximum Gasteiger partial charge on any atom is 0.240 e. The number of methoxy groups -OCH3 is 1. The van der Waals surface area contributed by atoms with E-state index in [4.69, 9.17) is 4.74 Å². The first-order valence-electron chi connectivity index (χ1n) is 6.57. The van der Waals surface area contributed by atoms with Crippen molar-refractivity contribution in [2.24, 2.45) is 5.92 Å². The van der Waals surface area contributed by atoms with Crippen molar-refractivity contribution in [1.29, 1.82) is 0 Å². The number of hydrogen-bond donors (Lipinski definition) is 2. The summed E-state index contributed by atoms with van der Waals surface area (Å²) in [5.41, 5.74) is 0. The fraction of sp³-hybridized carbons (Fsp3) is 0.538. The van der Waals surface area contributed by atoms with Crippen LogP contribution in [0.15, 0.2) is 27.6 Å². The lowest BCUT2D eigenvalue weighted by Crippen LogP contribution is -2.38. The molecular weight excluding hydrogens is 344 g/mol. The smallest absolute Gasteiger partial charge is 0.240 e. The summed E-state index contributed by atoms with van der Waals surface area (Å²) in [4.78, 5) is 0.223. The third kappa shape index (κ3) is 3.94. The van der Waals surface area contributed by atoms with Gasteiger partial charge in [-0.05, 0) is 59.9 Å². The molecular formula is C13H19BrN2O3S. The largest absolute Gasteiger partial charge is 0.496 e. The second-order valence-corrected chi connectivity index (χ2v) is 7.48. The molecule has 0 aromatic heterocycles. The zero-order valence-electron chi connectivity index (χ0n) is 11.4. The van der Waals surface area contributed by atoms with E-state index in [9.17, 15) is 8.42 Å². The number of rotatable bonds is 5. The quantitative estimate of drug-likeness (QED) is 0.836. The molecule has 0 bridgehead atoms. The molecule has 0 spiro atoms. The van der Waals surface area contributed by atoms with E-state index >= 15 is 0 Å². The molecule has 0 radical (unpaired) electrons. The molecule has 1 aromatic carbocycles. The molecule has 1 aromatic rings. The topological polar surface area (TPSA) is 67.4 Å². The van der Waals surface area contributed by atoms with Crippen molar-refractivity contribution in [3.63, 3.8) is 0 Å². The summed E-state index contributed by atoms with van der Waals surface area (Å²) < 4.78 is 33.0. The van der Waals surface area contributed by atoms with Gasteiger partial charge >= 0.3 is 0 Å². The van der Waals surface area contributed by atoms with Gasteiger partial charge in [-0.1, -0.05) is 0 Å². The summed E-state index contributed by atoms with van der Waals surface area (Å²) in [7, 11) is -1.98. The second kappa shape index (κ2) is 6.89. The summed E-state index contributed by atoms with van der Waals surface area (Å²) >= 11 is 3.31. The monoisotopic (exact) mass is 362 g/mol. The number of ether oxygens (including phenoxy) is 1. The molecule has 1 aliphatic rings. The Kier molecular flexibility index (Phi) is 5.42. The van der Waals surface area contributed by atoms with Crippen LogP contribution in [0.2, 0.25) is 0 Å². The average Bonchev–Trinajstić information content (AvgIpc) is 2.46. The molecule has 2 N–H and O–H groups in total. The molecule has 1 unspecified atom stereocenters. The highest BCUT2D eigenvalue weighted by Crippen LogP contribution is 2.27. The number of hydrogen-bond acceptors (Lipinski definition) is 4. The van der Waals surface area contributed by atoms with Gasteiger partial charge in [0.15, 0.2) is 0 Å². The Balaban J connectivity index is 2.05. The van der Waals surface area contributed by atoms with Crippen LogP contribution in [0.5, 0.6) is 5.75 Å². The minimum Gasteiger partial charge on any atom is -0.496 e. The van der Waals surface area contributed by atoms with Crippen LogP contribution in [0, 0.1) is 5.92 Å². The molecule has 1 fully saturated rings. The highest BCUT2D eigenvalue weighted by Gasteiger charge is 2.19. The minimum absolute atomic E-state index is 0.223. The van der Waals surface area contributed by atoms with E-state index in [2.05, 4.69) is 26.0 Å². The van der Waals surface area contributed by atoms with Crippen LogP contribution < -0.4 is 14.8 Å². The fourth-order valence-corrected chi connectivity index (χ4v) is 3.76. The Hall–Kier alpha value is -0.630. The molecule has 0 saturated carbocycles. The normalized spacial score (nSPS) is 19.8. The van der Waals surface area contributed by atoms with Crippen molar-refractivity contribution < 1.29 is 13.2 Å². The lowest BCUT2D eigenvalue weighted by Gasteiger charge is -2.22. The van der Waals surface area contributed by atoms with Gasteiger partial charge in [0.05, 0.1) is 16.5 Å². The van der Waals surface area contributed by atoms with E-state index in [0.29, 0.717) is 18.2 Å². The molecule has 2 rings (SSSR count). The highest BCUT2D eigenvalue weighted by atomic mass is 79.9. The van der Waals surface area contributed by atoms with Crippen molar-refractivity contribution in [3.8, 4) is 5.75 Å². The lowest BCUT2D eigenvalue weighted by atomic mass is 10.0. The Bertz CT molecular complexity index is 557. The predicted molar refractivity (Wildman–Crippen MR) is 81.5 cm³/mol. The third-order valence-corrected chi connectivity index (χ3v) is 5.47. The van der Waals surface area contributed by atoms with Crippen LogP contribution in [0.25, 0.3) is 0 Å². The van der Waals surface area contributed by atoms with Crippen LogP contribution in [-0.4, -0.2) is 35.2 Å². The molecule has 1 atom stereocenters. The Morgan fingerprint density at radius 2 is 2.30 bits per heavy atom. The number of benzene rings is 1. The van der Waals surface area contributed by atoms with Crippen molar-refractivity contribution in [2.75, 3.05) is 26.7 Å². The Labute approximate surface area is 128 Å². The van der Waals surface area contributed by atoms with Gasteiger partial charge in [-0.25, -0.2) is 13.1 Å². The van der Waals surface area contributed by atoms with Gasteiger partial charge in [0.2, 0.25) is 10.0 Å². The zero-order valence-corrected chi connectivity index (χ0v) is 13.8. The molecule has 0 aliphatic carbocycles. The van der Waals surface area contributed by atoms with Gasteiger partial charge in [0.1, 0.15) is 5.75 Å². The van der Waals surface area contributed by atoms with Crippen LogP contribution in [-0.2, 0) is 10.0 Å². The molecule has 1 heterocycles. The van der Waals surface area contributed by atoms with Gasteiger partial charge in [-0.2, -0.15) is 0 Å². The molecule has 7 heteroatoms. The number of nitrogens with one attached hydrogen (secondary N) is 2. The van der Waals surface area contributed by atoms with Gasteiger partial charge < -0.3 is 10.1 Å². The van der Waals surface area contributed by atoms with E-state index in [1.54, 1.807) is 12.1 Å². The lowest BCUT2D eigenvalue weighted by molar-refractivity contribution is 0.375. The zero-order chi connectivity index (χ0) is 14.6. The van der Waals surface area contributed by atoms with E-state index in [0.717, 1.165) is 30.4 Å². The van der Waals surface area contributed by atoms with Crippen molar-refractivity contribution >= 4 is 26.0 Å². The van der Waals surface area contributed by atoms with E-state index < -0.39 is 10.0 Å². The summed E-state index contributed by atoms with van der Waals surface area (Å²) in [5.74, 6) is 0.864. The van der Waals surface area contributed by atoms with Crippen molar-refractivity contribution in [2.45, 2.75) is 17.7 Å². The van der Waals surface area contributed by atoms with Crippen LogP contribution >= 0.6 is 15.9 Å². The molecule has 112 valence electrons. The van der Waals surface area contributed by atoms with E-state index in [1.165, 1.54) is 13.2 Å². The Morgan fingerprint density at radius 1 is 1.50 bits per heavy atom. The minimum atomic E-state index is -3.49. The molecule has 20 heavy (non-hydrogen) atoms.